The fourth-order valence-electron chi connectivity index (χ4n) is 1.50. The molecule has 1 atom stereocenters. The number of hydroxylamine groups is 2. The summed E-state index contributed by atoms with van der Waals surface area (Å²) in [7, 11) is 0. The summed E-state index contributed by atoms with van der Waals surface area (Å²) >= 11 is -2.14. The van der Waals surface area contributed by atoms with Gasteiger partial charge < -0.3 is 0 Å². The standard InChI is InChI=1S/C8H18N2O4S/c1-2-13-10-5-3-9(4-6-10)7-8-14-15(11)12/h2-8H2,1H3,(H,11,12). The second-order valence-corrected chi connectivity index (χ2v) is 3.90. The maximum Gasteiger partial charge on any atom is 0.301 e. The van der Waals surface area contributed by atoms with Gasteiger partial charge in [-0.3, -0.25) is 18.5 Å². The highest BCUT2D eigenvalue weighted by Gasteiger charge is 2.16. The summed E-state index contributed by atoms with van der Waals surface area (Å²) in [5.41, 5.74) is 0. The third-order valence-corrected chi connectivity index (χ3v) is 2.60. The van der Waals surface area contributed by atoms with Gasteiger partial charge in [0.05, 0.1) is 13.2 Å². The molecule has 1 aliphatic rings. The first-order valence-corrected chi connectivity index (χ1v) is 6.10. The monoisotopic (exact) mass is 238 g/mol. The van der Waals surface area contributed by atoms with Gasteiger partial charge in [-0.1, -0.05) is 0 Å². The maximum absolute atomic E-state index is 10.2. The summed E-state index contributed by atoms with van der Waals surface area (Å²) in [4.78, 5) is 7.54. The molecule has 0 saturated carbocycles. The van der Waals surface area contributed by atoms with Crippen LogP contribution in [0.25, 0.3) is 0 Å². The topological polar surface area (TPSA) is 62.2 Å². The lowest BCUT2D eigenvalue weighted by molar-refractivity contribution is -0.172. The SMILES string of the molecule is CCON1CCN(CCOS(=O)O)CC1. The summed E-state index contributed by atoms with van der Waals surface area (Å²) in [6.07, 6.45) is 0. The van der Waals surface area contributed by atoms with Gasteiger partial charge in [0.2, 0.25) is 0 Å². The lowest BCUT2D eigenvalue weighted by atomic mass is 10.3. The van der Waals surface area contributed by atoms with Crippen LogP contribution in [0.3, 0.4) is 0 Å². The second-order valence-electron chi connectivity index (χ2n) is 3.23. The molecule has 0 aromatic carbocycles. The Hall–Kier alpha value is -0.0500. The Kier molecular flexibility index (Phi) is 6.30. The third-order valence-electron chi connectivity index (χ3n) is 2.23. The van der Waals surface area contributed by atoms with Crippen molar-refractivity contribution in [1.82, 2.24) is 9.96 Å². The predicted molar refractivity (Wildman–Crippen MR) is 56.4 cm³/mol. The highest BCUT2D eigenvalue weighted by molar-refractivity contribution is 7.74. The molecule has 1 heterocycles. The van der Waals surface area contributed by atoms with Crippen molar-refractivity contribution in [2.45, 2.75) is 6.92 Å². The van der Waals surface area contributed by atoms with Crippen LogP contribution in [0.5, 0.6) is 0 Å². The van der Waals surface area contributed by atoms with E-state index >= 15 is 0 Å². The van der Waals surface area contributed by atoms with Gasteiger partial charge in [-0.25, -0.2) is 0 Å². The number of rotatable bonds is 6. The van der Waals surface area contributed by atoms with E-state index < -0.39 is 11.4 Å². The quantitative estimate of drug-likeness (QED) is 0.642. The highest BCUT2D eigenvalue weighted by Crippen LogP contribution is 2.01. The molecule has 0 amide bonds. The molecular weight excluding hydrogens is 220 g/mol. The first kappa shape index (κ1) is 13.0. The van der Waals surface area contributed by atoms with Crippen LogP contribution >= 0.6 is 0 Å². The summed E-state index contributed by atoms with van der Waals surface area (Å²) < 4.78 is 23.2. The van der Waals surface area contributed by atoms with Crippen LogP contribution in [0, 0.1) is 0 Å². The molecule has 0 aliphatic carbocycles. The molecule has 1 fully saturated rings. The molecule has 0 spiro atoms. The van der Waals surface area contributed by atoms with Crippen LogP contribution in [-0.4, -0.2) is 64.7 Å². The van der Waals surface area contributed by atoms with E-state index in [4.69, 9.17) is 9.39 Å². The molecule has 0 aromatic rings. The molecule has 15 heavy (non-hydrogen) atoms. The molecule has 7 heteroatoms. The Balaban J connectivity index is 2.06. The summed E-state index contributed by atoms with van der Waals surface area (Å²) in [6.45, 7) is 7.20. The average molecular weight is 238 g/mol. The molecule has 1 unspecified atom stereocenters. The first-order chi connectivity index (χ1) is 7.22. The van der Waals surface area contributed by atoms with E-state index in [0.717, 1.165) is 26.2 Å². The van der Waals surface area contributed by atoms with E-state index in [9.17, 15) is 4.21 Å². The minimum absolute atomic E-state index is 0.289. The molecule has 90 valence electrons. The first-order valence-electron chi connectivity index (χ1n) is 5.06. The van der Waals surface area contributed by atoms with E-state index in [-0.39, 0.29) is 6.61 Å². The van der Waals surface area contributed by atoms with Gasteiger partial charge >= 0.3 is 11.4 Å². The minimum atomic E-state index is -2.14. The van der Waals surface area contributed by atoms with Crippen molar-refractivity contribution in [1.29, 1.82) is 0 Å². The number of hydrogen-bond acceptors (Lipinski definition) is 5. The van der Waals surface area contributed by atoms with Crippen molar-refractivity contribution in [3.8, 4) is 0 Å². The van der Waals surface area contributed by atoms with Gasteiger partial charge in [0.25, 0.3) is 0 Å². The summed E-state index contributed by atoms with van der Waals surface area (Å²) in [6, 6.07) is 0. The second kappa shape index (κ2) is 7.26. The van der Waals surface area contributed by atoms with Crippen LogP contribution in [0.2, 0.25) is 0 Å². The fourth-order valence-corrected chi connectivity index (χ4v) is 1.72. The molecular formula is C8H18N2O4S. The zero-order valence-corrected chi connectivity index (χ0v) is 9.74. The lowest BCUT2D eigenvalue weighted by Gasteiger charge is -2.33. The van der Waals surface area contributed by atoms with Crippen molar-refractivity contribution in [3.63, 3.8) is 0 Å². The largest absolute Gasteiger partial charge is 0.301 e. The van der Waals surface area contributed by atoms with Crippen molar-refractivity contribution in [2.75, 3.05) is 45.9 Å². The number of hydrogen-bond donors (Lipinski definition) is 1. The van der Waals surface area contributed by atoms with E-state index in [1.807, 2.05) is 12.0 Å². The Labute approximate surface area is 92.6 Å². The highest BCUT2D eigenvalue weighted by atomic mass is 32.2. The molecule has 0 bridgehead atoms. The van der Waals surface area contributed by atoms with Crippen molar-refractivity contribution in [2.24, 2.45) is 0 Å². The Bertz CT molecular complexity index is 197. The predicted octanol–water partition coefficient (Wildman–Crippen LogP) is -0.291. The van der Waals surface area contributed by atoms with Gasteiger partial charge in [-0.15, -0.1) is 0 Å². The minimum Gasteiger partial charge on any atom is -0.299 e. The molecule has 1 N–H and O–H groups in total. The molecule has 1 rings (SSSR count). The van der Waals surface area contributed by atoms with Crippen molar-refractivity contribution < 1.29 is 17.8 Å². The Morgan fingerprint density at radius 3 is 2.53 bits per heavy atom. The molecule has 0 radical (unpaired) electrons. The maximum atomic E-state index is 10.2. The molecule has 1 saturated heterocycles. The zero-order chi connectivity index (χ0) is 11.1. The van der Waals surface area contributed by atoms with Crippen molar-refractivity contribution >= 4 is 11.4 Å². The normalized spacial score (nSPS) is 21.7. The summed E-state index contributed by atoms with van der Waals surface area (Å²) in [5.74, 6) is 0. The molecule has 1 aliphatic heterocycles. The van der Waals surface area contributed by atoms with Crippen LogP contribution in [0.1, 0.15) is 6.92 Å². The van der Waals surface area contributed by atoms with Crippen molar-refractivity contribution in [3.05, 3.63) is 0 Å². The smallest absolute Gasteiger partial charge is 0.299 e. The lowest BCUT2D eigenvalue weighted by Crippen LogP contribution is -2.47. The third kappa shape index (κ3) is 5.55. The van der Waals surface area contributed by atoms with Gasteiger partial charge in [0.1, 0.15) is 0 Å². The van der Waals surface area contributed by atoms with Crippen LogP contribution in [-0.2, 0) is 20.4 Å². The van der Waals surface area contributed by atoms with Crippen LogP contribution in [0.4, 0.5) is 0 Å². The fraction of sp³-hybridized carbons (Fsp3) is 1.00. The van der Waals surface area contributed by atoms with E-state index in [1.165, 1.54) is 0 Å². The van der Waals surface area contributed by atoms with Gasteiger partial charge in [-0.05, 0) is 6.92 Å². The average Bonchev–Trinajstić information content (AvgIpc) is 2.20. The Morgan fingerprint density at radius 1 is 1.33 bits per heavy atom. The zero-order valence-electron chi connectivity index (χ0n) is 8.92. The number of piperazine rings is 1. The van der Waals surface area contributed by atoms with Gasteiger partial charge in [0.15, 0.2) is 0 Å². The van der Waals surface area contributed by atoms with E-state index in [1.54, 1.807) is 0 Å². The molecule has 6 nitrogen and oxygen atoms in total. The Morgan fingerprint density at radius 2 is 2.00 bits per heavy atom. The van der Waals surface area contributed by atoms with Gasteiger partial charge in [0, 0.05) is 32.7 Å². The number of nitrogens with zero attached hydrogens (tertiary/aromatic N) is 2. The van der Waals surface area contributed by atoms with E-state index in [0.29, 0.717) is 13.2 Å². The van der Waals surface area contributed by atoms with E-state index in [2.05, 4.69) is 9.08 Å². The van der Waals surface area contributed by atoms with Crippen LogP contribution < -0.4 is 0 Å². The molecule has 0 aromatic heterocycles. The van der Waals surface area contributed by atoms with Gasteiger partial charge in [-0.2, -0.15) is 9.27 Å². The summed E-state index contributed by atoms with van der Waals surface area (Å²) in [5, 5.41) is 1.95. The van der Waals surface area contributed by atoms with Crippen LogP contribution in [0.15, 0.2) is 0 Å².